The number of nitrogens with zero attached hydrogens (tertiary/aromatic N) is 1. The number of aliphatic hydroxyl groups is 5. The number of carboxylic acid groups (broad SMARTS) is 1. The van der Waals surface area contributed by atoms with Gasteiger partial charge < -0.3 is 50.9 Å². The summed E-state index contributed by atoms with van der Waals surface area (Å²) in [5.41, 5.74) is 0. The SMILES string of the molecule is C[C@H](NC(=O)[C@@H](C)CCCCNCC(F)(F)C1(O)O[C@H](CO)[C@H](O)[C@H](O)[C@H]1O)C(=O)N1CCC[C@H]1C(=O)O. The molecule has 2 heterocycles. The zero-order chi connectivity index (χ0) is 28.8. The molecule has 2 aliphatic heterocycles. The van der Waals surface area contributed by atoms with E-state index < -0.39 is 85.1 Å². The first-order valence-electron chi connectivity index (χ1n) is 12.6. The van der Waals surface area contributed by atoms with Gasteiger partial charge in [0.2, 0.25) is 11.8 Å². The van der Waals surface area contributed by atoms with Crippen LogP contribution in [0.1, 0.15) is 46.0 Å². The second-order valence-electron chi connectivity index (χ2n) is 10.00. The van der Waals surface area contributed by atoms with Crippen LogP contribution in [0.15, 0.2) is 0 Å². The van der Waals surface area contributed by atoms with Gasteiger partial charge in [0.25, 0.3) is 5.79 Å². The molecule has 8 atom stereocenters. The molecule has 38 heavy (non-hydrogen) atoms. The van der Waals surface area contributed by atoms with Crippen LogP contribution in [0.2, 0.25) is 0 Å². The van der Waals surface area contributed by atoms with Crippen LogP contribution in [0.25, 0.3) is 0 Å². The summed E-state index contributed by atoms with van der Waals surface area (Å²) in [6.07, 6.45) is -6.20. The number of halogens is 2. The molecule has 2 aliphatic rings. The van der Waals surface area contributed by atoms with Crippen molar-refractivity contribution in [1.29, 1.82) is 0 Å². The van der Waals surface area contributed by atoms with E-state index in [-0.39, 0.29) is 6.54 Å². The Balaban J connectivity index is 1.74. The third kappa shape index (κ3) is 7.14. The van der Waals surface area contributed by atoms with Crippen molar-refractivity contribution < 1.29 is 58.5 Å². The van der Waals surface area contributed by atoms with Gasteiger partial charge >= 0.3 is 11.9 Å². The Labute approximate surface area is 218 Å². The van der Waals surface area contributed by atoms with Crippen LogP contribution in [0.3, 0.4) is 0 Å². The van der Waals surface area contributed by atoms with Crippen LogP contribution in [-0.4, -0.2) is 128 Å². The topological polar surface area (TPSA) is 209 Å². The van der Waals surface area contributed by atoms with Crippen molar-refractivity contribution in [2.45, 2.75) is 94.2 Å². The molecule has 0 spiro atoms. The zero-order valence-electron chi connectivity index (χ0n) is 21.4. The first kappa shape index (κ1) is 32.2. The Morgan fingerprint density at radius 2 is 1.82 bits per heavy atom. The molecule has 8 N–H and O–H groups in total. The number of nitrogens with one attached hydrogen (secondary N) is 2. The number of aliphatic carboxylic acids is 1. The molecule has 1 unspecified atom stereocenters. The number of aliphatic hydroxyl groups excluding tert-OH is 4. The van der Waals surface area contributed by atoms with Crippen molar-refractivity contribution in [3.63, 3.8) is 0 Å². The van der Waals surface area contributed by atoms with Gasteiger partial charge in [0, 0.05) is 12.5 Å². The van der Waals surface area contributed by atoms with Crippen LogP contribution in [0.4, 0.5) is 8.78 Å². The van der Waals surface area contributed by atoms with Gasteiger partial charge in [-0.2, -0.15) is 8.78 Å². The average molecular weight is 556 g/mol. The van der Waals surface area contributed by atoms with Gasteiger partial charge in [0.1, 0.15) is 36.5 Å². The number of unbranched alkanes of at least 4 members (excludes halogenated alkanes) is 1. The van der Waals surface area contributed by atoms with E-state index in [2.05, 4.69) is 15.4 Å². The molecule has 0 aliphatic carbocycles. The highest BCUT2D eigenvalue weighted by Gasteiger charge is 2.65. The van der Waals surface area contributed by atoms with Gasteiger partial charge in [-0.1, -0.05) is 13.3 Å². The van der Waals surface area contributed by atoms with Crippen LogP contribution in [0, 0.1) is 5.92 Å². The first-order chi connectivity index (χ1) is 17.7. The molecule has 0 aromatic carbocycles. The van der Waals surface area contributed by atoms with Crippen molar-refractivity contribution in [2.75, 3.05) is 26.2 Å². The standard InChI is InChI=1S/C23H39F2N3O10/c1-12(19(33)27-13(2)20(34)28-9-5-7-14(28)21(35)36)6-3-4-8-26-11-22(24,25)23(37)18(32)17(31)16(30)15(10-29)38-23/h12-18,26,29-32,37H,3-11H2,1-2H3,(H,27,33)(H,35,36)/t12-,13-,14-,15+,16-,17-,18+,23?/m0/s1. The van der Waals surface area contributed by atoms with Crippen molar-refractivity contribution in [3.8, 4) is 0 Å². The molecule has 2 amide bonds. The van der Waals surface area contributed by atoms with Gasteiger partial charge in [-0.25, -0.2) is 4.79 Å². The molecule has 2 fully saturated rings. The Hall–Kier alpha value is -2.01. The van der Waals surface area contributed by atoms with E-state index in [4.69, 9.17) is 5.11 Å². The Morgan fingerprint density at radius 3 is 2.42 bits per heavy atom. The summed E-state index contributed by atoms with van der Waals surface area (Å²) in [5.74, 6) is -10.1. The predicted octanol–water partition coefficient (Wildman–Crippen LogP) is -2.24. The van der Waals surface area contributed by atoms with Crippen molar-refractivity contribution >= 4 is 17.8 Å². The number of ether oxygens (including phenoxy) is 1. The minimum Gasteiger partial charge on any atom is -0.480 e. The van der Waals surface area contributed by atoms with Crippen LogP contribution in [0.5, 0.6) is 0 Å². The Kier molecular flexibility index (Phi) is 11.3. The lowest BCUT2D eigenvalue weighted by Gasteiger charge is -2.48. The third-order valence-corrected chi connectivity index (χ3v) is 7.08. The van der Waals surface area contributed by atoms with Gasteiger partial charge in [0.05, 0.1) is 13.2 Å². The number of carbonyl (C=O) groups excluding carboxylic acids is 2. The van der Waals surface area contributed by atoms with E-state index in [9.17, 15) is 48.7 Å². The molecular weight excluding hydrogens is 516 g/mol. The molecule has 0 saturated carbocycles. The van der Waals surface area contributed by atoms with E-state index in [0.717, 1.165) is 0 Å². The number of rotatable bonds is 13. The maximum absolute atomic E-state index is 14.7. The Bertz CT molecular complexity index is 835. The normalized spacial score (nSPS) is 31.6. The van der Waals surface area contributed by atoms with Crippen molar-refractivity contribution in [3.05, 3.63) is 0 Å². The summed E-state index contributed by atoms with van der Waals surface area (Å²) in [5, 5.41) is 63.0. The minimum absolute atomic E-state index is 0.0468. The number of likely N-dealkylation sites (tertiary alicyclic amines) is 1. The fourth-order valence-corrected chi connectivity index (χ4v) is 4.61. The maximum Gasteiger partial charge on any atom is 0.326 e. The fourth-order valence-electron chi connectivity index (χ4n) is 4.61. The molecule has 2 rings (SSSR count). The van der Waals surface area contributed by atoms with E-state index >= 15 is 0 Å². The molecule has 220 valence electrons. The molecule has 15 heteroatoms. The molecule has 13 nitrogen and oxygen atoms in total. The summed E-state index contributed by atoms with van der Waals surface area (Å²) in [6.45, 7) is 1.35. The highest BCUT2D eigenvalue weighted by atomic mass is 19.3. The second kappa shape index (κ2) is 13.4. The average Bonchev–Trinajstić information content (AvgIpc) is 3.36. The quantitative estimate of drug-likeness (QED) is 0.114. The molecule has 0 radical (unpaired) electrons. The number of amides is 2. The fraction of sp³-hybridized carbons (Fsp3) is 0.870. The molecule has 0 bridgehead atoms. The highest BCUT2D eigenvalue weighted by Crippen LogP contribution is 2.39. The zero-order valence-corrected chi connectivity index (χ0v) is 21.4. The highest BCUT2D eigenvalue weighted by molar-refractivity contribution is 5.91. The summed E-state index contributed by atoms with van der Waals surface area (Å²) >= 11 is 0. The van der Waals surface area contributed by atoms with E-state index in [1.807, 2.05) is 0 Å². The summed E-state index contributed by atoms with van der Waals surface area (Å²) in [7, 11) is 0. The van der Waals surface area contributed by atoms with Gasteiger partial charge in [-0.15, -0.1) is 0 Å². The molecule has 0 aromatic rings. The molecule has 2 saturated heterocycles. The summed E-state index contributed by atoms with van der Waals surface area (Å²) < 4.78 is 34.0. The van der Waals surface area contributed by atoms with Crippen molar-refractivity contribution in [1.82, 2.24) is 15.5 Å². The van der Waals surface area contributed by atoms with E-state index in [0.29, 0.717) is 38.6 Å². The second-order valence-corrected chi connectivity index (χ2v) is 10.00. The monoisotopic (exact) mass is 555 g/mol. The maximum atomic E-state index is 14.7. The number of alkyl halides is 2. The summed E-state index contributed by atoms with van der Waals surface area (Å²) in [6, 6.07) is -1.80. The lowest BCUT2D eigenvalue weighted by molar-refractivity contribution is -0.409. The number of hydrogen-bond donors (Lipinski definition) is 8. The van der Waals surface area contributed by atoms with Gasteiger partial charge in [-0.05, 0) is 39.2 Å². The van der Waals surface area contributed by atoms with Crippen molar-refractivity contribution in [2.24, 2.45) is 5.92 Å². The third-order valence-electron chi connectivity index (χ3n) is 7.08. The molecule has 0 aromatic heterocycles. The minimum atomic E-state index is -4.11. The summed E-state index contributed by atoms with van der Waals surface area (Å²) in [4.78, 5) is 37.5. The lowest BCUT2D eigenvalue weighted by Crippen LogP contribution is -2.72. The largest absolute Gasteiger partial charge is 0.480 e. The van der Waals surface area contributed by atoms with Crippen LogP contribution in [-0.2, 0) is 19.1 Å². The van der Waals surface area contributed by atoms with Gasteiger partial charge in [0.15, 0.2) is 0 Å². The van der Waals surface area contributed by atoms with E-state index in [1.54, 1.807) is 6.92 Å². The number of carbonyl (C=O) groups is 3. The number of carboxylic acids is 1. The lowest BCUT2D eigenvalue weighted by atomic mass is 9.88. The van der Waals surface area contributed by atoms with Gasteiger partial charge in [-0.3, -0.25) is 9.59 Å². The number of hydrogen-bond acceptors (Lipinski definition) is 10. The van der Waals surface area contributed by atoms with E-state index in [1.165, 1.54) is 11.8 Å². The predicted molar refractivity (Wildman–Crippen MR) is 126 cm³/mol. The van der Waals surface area contributed by atoms with Crippen LogP contribution < -0.4 is 10.6 Å². The van der Waals surface area contributed by atoms with Crippen LogP contribution >= 0.6 is 0 Å². The smallest absolute Gasteiger partial charge is 0.326 e. The first-order valence-corrected chi connectivity index (χ1v) is 12.6. The molecular formula is C23H39F2N3O10. The Morgan fingerprint density at radius 1 is 1.16 bits per heavy atom.